The first kappa shape index (κ1) is 15.0. The number of nitrogens with one attached hydrogen (secondary N) is 1. The van der Waals surface area contributed by atoms with Crippen LogP contribution in [0.4, 0.5) is 0 Å². The molecule has 0 bridgehead atoms. The standard InChI is InChI=1S/C10H15N3O2S.Na/c1-16-8-11-9(14)13(10(15)12-8)7-5-3-2-4-6-7;/h7H,2-6H2,1H3,(H,11,12,14,15);. The van der Waals surface area contributed by atoms with Crippen molar-refractivity contribution in [3.63, 3.8) is 0 Å². The molecule has 1 saturated carbocycles. The van der Waals surface area contributed by atoms with Crippen molar-refractivity contribution in [1.82, 2.24) is 14.5 Å². The minimum Gasteiger partial charge on any atom is -0.286 e. The van der Waals surface area contributed by atoms with Crippen molar-refractivity contribution >= 4 is 41.3 Å². The van der Waals surface area contributed by atoms with Gasteiger partial charge in [-0.15, -0.1) is 0 Å². The van der Waals surface area contributed by atoms with Gasteiger partial charge in [0.05, 0.1) is 0 Å². The molecule has 0 amide bonds. The van der Waals surface area contributed by atoms with Crippen LogP contribution in [0.5, 0.6) is 0 Å². The molecule has 1 N–H and O–H groups in total. The number of thioether (sulfide) groups is 1. The first-order chi connectivity index (χ1) is 7.72. The van der Waals surface area contributed by atoms with E-state index in [4.69, 9.17) is 0 Å². The van der Waals surface area contributed by atoms with Crippen molar-refractivity contribution < 1.29 is 0 Å². The number of nitrogens with zero attached hydrogens (tertiary/aromatic N) is 2. The van der Waals surface area contributed by atoms with Gasteiger partial charge in [-0.1, -0.05) is 31.0 Å². The molecule has 0 aliphatic heterocycles. The van der Waals surface area contributed by atoms with Gasteiger partial charge in [0.25, 0.3) is 0 Å². The quantitative estimate of drug-likeness (QED) is 0.633. The van der Waals surface area contributed by atoms with Crippen LogP contribution >= 0.6 is 11.8 Å². The zero-order valence-corrected chi connectivity index (χ0v) is 13.0. The Morgan fingerprint density at radius 2 is 1.94 bits per heavy atom. The van der Waals surface area contributed by atoms with E-state index in [1.165, 1.54) is 22.7 Å². The molecule has 1 heterocycles. The number of rotatable bonds is 2. The molecule has 0 aromatic carbocycles. The van der Waals surface area contributed by atoms with Gasteiger partial charge in [0.2, 0.25) is 0 Å². The molecular formula is C10H15N3NaO2S. The van der Waals surface area contributed by atoms with E-state index in [1.807, 2.05) is 0 Å². The Morgan fingerprint density at radius 1 is 1.29 bits per heavy atom. The number of hydrogen-bond donors (Lipinski definition) is 1. The summed E-state index contributed by atoms with van der Waals surface area (Å²) in [6, 6.07) is 0.0356. The predicted molar refractivity (Wildman–Crippen MR) is 68.8 cm³/mol. The average Bonchev–Trinajstić information content (AvgIpc) is 2.29. The van der Waals surface area contributed by atoms with E-state index >= 15 is 0 Å². The van der Waals surface area contributed by atoms with Crippen molar-refractivity contribution in [2.45, 2.75) is 43.3 Å². The van der Waals surface area contributed by atoms with Gasteiger partial charge >= 0.3 is 11.4 Å². The van der Waals surface area contributed by atoms with Crippen LogP contribution in [0.25, 0.3) is 0 Å². The Bertz CT molecular complexity index is 448. The predicted octanol–water partition coefficient (Wildman–Crippen LogP) is 0.778. The van der Waals surface area contributed by atoms with Crippen molar-refractivity contribution in [2.24, 2.45) is 0 Å². The van der Waals surface area contributed by atoms with Gasteiger partial charge in [-0.3, -0.25) is 4.98 Å². The van der Waals surface area contributed by atoms with Gasteiger partial charge in [-0.05, 0) is 19.1 Å². The zero-order valence-electron chi connectivity index (χ0n) is 10.2. The van der Waals surface area contributed by atoms with Gasteiger partial charge in [-0.2, -0.15) is 4.98 Å². The van der Waals surface area contributed by atoms with Crippen LogP contribution in [0.2, 0.25) is 0 Å². The number of aromatic amines is 1. The molecule has 2 rings (SSSR count). The second kappa shape index (κ2) is 6.78. The molecule has 0 atom stereocenters. The number of aromatic nitrogens is 3. The molecule has 1 radical (unpaired) electrons. The Balaban J connectivity index is 0.00000144. The minimum atomic E-state index is -0.417. The summed E-state index contributed by atoms with van der Waals surface area (Å²) in [7, 11) is 0. The first-order valence-corrected chi connectivity index (χ1v) is 6.71. The molecule has 7 heteroatoms. The summed E-state index contributed by atoms with van der Waals surface area (Å²) >= 11 is 1.27. The van der Waals surface area contributed by atoms with E-state index in [-0.39, 0.29) is 41.3 Å². The van der Waals surface area contributed by atoms with E-state index in [9.17, 15) is 9.59 Å². The fraction of sp³-hybridized carbons (Fsp3) is 0.700. The van der Waals surface area contributed by atoms with E-state index in [0.29, 0.717) is 5.16 Å². The minimum absolute atomic E-state index is 0. The average molecular weight is 264 g/mol. The molecule has 1 aromatic heterocycles. The molecule has 0 spiro atoms. The van der Waals surface area contributed by atoms with Crippen molar-refractivity contribution in [3.8, 4) is 0 Å². The normalized spacial score (nSPS) is 16.5. The van der Waals surface area contributed by atoms with E-state index < -0.39 is 5.69 Å². The Morgan fingerprint density at radius 3 is 2.47 bits per heavy atom. The topological polar surface area (TPSA) is 67.8 Å². The summed E-state index contributed by atoms with van der Waals surface area (Å²) in [5.41, 5.74) is -0.740. The van der Waals surface area contributed by atoms with Crippen molar-refractivity contribution in [2.75, 3.05) is 6.26 Å². The van der Waals surface area contributed by atoms with E-state index in [0.717, 1.165) is 25.7 Å². The van der Waals surface area contributed by atoms with Crippen LogP contribution in [-0.2, 0) is 0 Å². The van der Waals surface area contributed by atoms with Crippen LogP contribution in [0.15, 0.2) is 14.7 Å². The fourth-order valence-electron chi connectivity index (χ4n) is 2.17. The van der Waals surface area contributed by atoms with Crippen LogP contribution in [0, 0.1) is 0 Å². The van der Waals surface area contributed by atoms with Gasteiger partial charge in [0.15, 0.2) is 5.16 Å². The molecule has 17 heavy (non-hydrogen) atoms. The monoisotopic (exact) mass is 264 g/mol. The fourth-order valence-corrected chi connectivity index (χ4v) is 2.52. The second-order valence-corrected chi connectivity index (χ2v) is 4.79. The Kier molecular flexibility index (Phi) is 5.99. The summed E-state index contributed by atoms with van der Waals surface area (Å²) in [4.78, 5) is 30.0. The maximum atomic E-state index is 11.8. The number of H-pyrrole nitrogens is 1. The first-order valence-electron chi connectivity index (χ1n) is 5.49. The second-order valence-electron chi connectivity index (χ2n) is 4.00. The molecule has 5 nitrogen and oxygen atoms in total. The molecule has 1 aliphatic carbocycles. The molecular weight excluding hydrogens is 249 g/mol. The van der Waals surface area contributed by atoms with Gasteiger partial charge < -0.3 is 0 Å². The summed E-state index contributed by atoms with van der Waals surface area (Å²) in [6.07, 6.45) is 6.95. The molecule has 1 aromatic rings. The summed E-state index contributed by atoms with van der Waals surface area (Å²) < 4.78 is 1.28. The number of hydrogen-bond acceptors (Lipinski definition) is 4. The van der Waals surface area contributed by atoms with Gasteiger partial charge in [0, 0.05) is 35.6 Å². The van der Waals surface area contributed by atoms with Crippen LogP contribution in [0.1, 0.15) is 38.1 Å². The Hall–Kier alpha value is -0.0400. The van der Waals surface area contributed by atoms with Gasteiger partial charge in [0.1, 0.15) is 0 Å². The summed E-state index contributed by atoms with van der Waals surface area (Å²) in [5, 5.41) is 0.391. The third kappa shape index (κ3) is 3.47. The molecule has 0 saturated heterocycles. The summed E-state index contributed by atoms with van der Waals surface area (Å²) in [6.45, 7) is 0. The van der Waals surface area contributed by atoms with E-state index in [2.05, 4.69) is 9.97 Å². The van der Waals surface area contributed by atoms with Crippen molar-refractivity contribution in [3.05, 3.63) is 21.0 Å². The van der Waals surface area contributed by atoms with Crippen LogP contribution in [-0.4, -0.2) is 50.3 Å². The maximum Gasteiger partial charge on any atom is 0.354 e. The SMILES string of the molecule is CSc1nc(=O)n(C2CCCCC2)c(=O)[nH]1.[Na]. The van der Waals surface area contributed by atoms with E-state index in [1.54, 1.807) is 6.26 Å². The Labute approximate surface area is 126 Å². The third-order valence-electron chi connectivity index (χ3n) is 2.97. The molecule has 1 aliphatic rings. The molecule has 89 valence electrons. The smallest absolute Gasteiger partial charge is 0.286 e. The van der Waals surface area contributed by atoms with Crippen molar-refractivity contribution in [1.29, 1.82) is 0 Å². The van der Waals surface area contributed by atoms with Crippen LogP contribution in [0.3, 0.4) is 0 Å². The maximum absolute atomic E-state index is 11.8. The van der Waals surface area contributed by atoms with Crippen LogP contribution < -0.4 is 11.4 Å². The third-order valence-corrected chi connectivity index (χ3v) is 3.55. The zero-order chi connectivity index (χ0) is 11.5. The summed E-state index contributed by atoms with van der Waals surface area (Å²) in [5.74, 6) is 0. The molecule has 0 unspecified atom stereocenters. The van der Waals surface area contributed by atoms with Gasteiger partial charge in [-0.25, -0.2) is 14.2 Å². The largest absolute Gasteiger partial charge is 0.354 e. The molecule has 1 fully saturated rings.